The molecule has 0 aliphatic heterocycles. The van der Waals surface area contributed by atoms with Crippen LogP contribution in [0.2, 0.25) is 0 Å². The summed E-state index contributed by atoms with van der Waals surface area (Å²) in [6.45, 7) is 11.4. The van der Waals surface area contributed by atoms with Crippen molar-refractivity contribution in [2.45, 2.75) is 47.1 Å². The lowest BCUT2D eigenvalue weighted by molar-refractivity contribution is 0.517. The van der Waals surface area contributed by atoms with Gasteiger partial charge in [-0.2, -0.15) is 5.11 Å². The zero-order valence-corrected chi connectivity index (χ0v) is 13.4. The minimum Gasteiger partial charge on any atom is -0.240 e. The number of hydrogen-bond donors (Lipinski definition) is 0. The van der Waals surface area contributed by atoms with Crippen LogP contribution < -0.4 is 5.01 Å². The molecule has 0 radical (unpaired) electrons. The van der Waals surface area contributed by atoms with Crippen LogP contribution in [0.25, 0.3) is 0 Å². The fourth-order valence-corrected chi connectivity index (χ4v) is 2.05. The predicted octanol–water partition coefficient (Wildman–Crippen LogP) is 5.18. The number of anilines is 1. The van der Waals surface area contributed by atoms with Crippen LogP contribution in [0.15, 0.2) is 46.8 Å². The highest BCUT2D eigenvalue weighted by Crippen LogP contribution is 2.24. The van der Waals surface area contributed by atoms with E-state index in [0.717, 1.165) is 12.1 Å². The molecule has 0 fully saturated rings. The molecule has 0 aliphatic carbocycles. The van der Waals surface area contributed by atoms with Crippen LogP contribution in [0, 0.1) is 12.8 Å². The molecule has 1 rings (SSSR count). The summed E-state index contributed by atoms with van der Waals surface area (Å²) in [4.78, 5) is 0. The Bertz CT molecular complexity index is 449. The van der Waals surface area contributed by atoms with Gasteiger partial charge in [0.2, 0.25) is 0 Å². The number of aryl methyl sites for hydroxylation is 1. The SMILES string of the molecule is CC/C=C\C(C(C)C)N(N=NCC)c1cccc(C)c1. The van der Waals surface area contributed by atoms with Gasteiger partial charge in [-0.05, 0) is 43.9 Å². The average molecular weight is 273 g/mol. The van der Waals surface area contributed by atoms with E-state index in [1.807, 2.05) is 11.9 Å². The van der Waals surface area contributed by atoms with Crippen molar-refractivity contribution in [3.05, 3.63) is 42.0 Å². The Hall–Kier alpha value is -1.64. The third-order valence-electron chi connectivity index (χ3n) is 3.10. The van der Waals surface area contributed by atoms with E-state index in [1.54, 1.807) is 0 Å². The molecule has 3 nitrogen and oxygen atoms in total. The minimum absolute atomic E-state index is 0.229. The van der Waals surface area contributed by atoms with Crippen LogP contribution in [0.4, 0.5) is 5.69 Å². The molecule has 0 aromatic heterocycles. The molecule has 0 amide bonds. The molecule has 1 unspecified atom stereocenters. The maximum Gasteiger partial charge on any atom is 0.0746 e. The molecule has 0 saturated heterocycles. The Morgan fingerprint density at radius 2 is 2.00 bits per heavy atom. The summed E-state index contributed by atoms with van der Waals surface area (Å²) >= 11 is 0. The van der Waals surface area contributed by atoms with Gasteiger partial charge in [0.25, 0.3) is 0 Å². The van der Waals surface area contributed by atoms with Crippen LogP contribution in [0.5, 0.6) is 0 Å². The Morgan fingerprint density at radius 1 is 1.25 bits per heavy atom. The summed E-state index contributed by atoms with van der Waals surface area (Å²) in [5, 5.41) is 10.7. The predicted molar refractivity (Wildman–Crippen MR) is 87.1 cm³/mol. The van der Waals surface area contributed by atoms with Gasteiger partial charge < -0.3 is 0 Å². The molecule has 20 heavy (non-hydrogen) atoms. The van der Waals surface area contributed by atoms with Crippen molar-refractivity contribution in [3.8, 4) is 0 Å². The standard InChI is InChI=1S/C17H27N3/c1-6-8-12-17(14(3)4)20(19-18-7-2)16-11-9-10-15(5)13-16/h8-14,17H,6-7H2,1-5H3/b12-8-,19-18?. The van der Waals surface area contributed by atoms with Gasteiger partial charge >= 0.3 is 0 Å². The van der Waals surface area contributed by atoms with E-state index in [0.29, 0.717) is 12.5 Å². The van der Waals surface area contributed by atoms with Gasteiger partial charge in [0.15, 0.2) is 0 Å². The van der Waals surface area contributed by atoms with Gasteiger partial charge in [-0.15, -0.1) is 0 Å². The fraction of sp³-hybridized carbons (Fsp3) is 0.529. The first kappa shape index (κ1) is 16.4. The van der Waals surface area contributed by atoms with Crippen molar-refractivity contribution in [3.63, 3.8) is 0 Å². The van der Waals surface area contributed by atoms with Gasteiger partial charge in [0, 0.05) is 0 Å². The van der Waals surface area contributed by atoms with Gasteiger partial charge in [-0.25, -0.2) is 5.01 Å². The molecule has 1 aromatic carbocycles. The van der Waals surface area contributed by atoms with Crippen molar-refractivity contribution in [1.82, 2.24) is 0 Å². The summed E-state index contributed by atoms with van der Waals surface area (Å²) in [5.74, 6) is 0.467. The highest BCUT2D eigenvalue weighted by Gasteiger charge is 2.20. The van der Waals surface area contributed by atoms with Crippen LogP contribution in [0.1, 0.15) is 39.7 Å². The van der Waals surface area contributed by atoms with Gasteiger partial charge in [0.1, 0.15) is 0 Å². The molecule has 0 bridgehead atoms. The smallest absolute Gasteiger partial charge is 0.0746 e. The molecular formula is C17H27N3. The van der Waals surface area contributed by atoms with E-state index in [9.17, 15) is 0 Å². The number of benzene rings is 1. The molecule has 0 spiro atoms. The maximum absolute atomic E-state index is 4.44. The largest absolute Gasteiger partial charge is 0.240 e. The van der Waals surface area contributed by atoms with E-state index in [1.165, 1.54) is 5.56 Å². The van der Waals surface area contributed by atoms with Gasteiger partial charge in [0.05, 0.1) is 18.3 Å². The van der Waals surface area contributed by atoms with Gasteiger partial charge in [-0.3, -0.25) is 0 Å². The molecule has 0 N–H and O–H groups in total. The second-order valence-electron chi connectivity index (χ2n) is 5.30. The molecule has 0 heterocycles. The molecule has 0 saturated carbocycles. The van der Waals surface area contributed by atoms with Crippen LogP contribution >= 0.6 is 0 Å². The van der Waals surface area contributed by atoms with E-state index in [2.05, 4.69) is 74.4 Å². The second-order valence-corrected chi connectivity index (χ2v) is 5.30. The number of hydrogen-bond acceptors (Lipinski definition) is 2. The highest BCUT2D eigenvalue weighted by molar-refractivity contribution is 5.49. The van der Waals surface area contributed by atoms with Crippen molar-refractivity contribution in [2.75, 3.05) is 11.6 Å². The molecule has 1 aromatic rings. The summed E-state index contributed by atoms with van der Waals surface area (Å²) in [6.07, 6.45) is 5.48. The molecule has 1 atom stereocenters. The zero-order chi connectivity index (χ0) is 15.0. The monoisotopic (exact) mass is 273 g/mol. The lowest BCUT2D eigenvalue weighted by Crippen LogP contribution is -2.33. The van der Waals surface area contributed by atoms with Crippen LogP contribution in [0.3, 0.4) is 0 Å². The lowest BCUT2D eigenvalue weighted by atomic mass is 10.0. The topological polar surface area (TPSA) is 28.0 Å². The van der Waals surface area contributed by atoms with Crippen LogP contribution in [-0.2, 0) is 0 Å². The zero-order valence-electron chi connectivity index (χ0n) is 13.4. The Labute approximate surface area is 123 Å². The summed E-state index contributed by atoms with van der Waals surface area (Å²) in [6, 6.07) is 8.65. The Kier molecular flexibility index (Phi) is 6.99. The van der Waals surface area contributed by atoms with E-state index in [4.69, 9.17) is 0 Å². The first-order chi connectivity index (χ1) is 9.60. The van der Waals surface area contributed by atoms with Crippen LogP contribution in [-0.4, -0.2) is 12.6 Å². The summed E-state index contributed by atoms with van der Waals surface area (Å²) in [5.41, 5.74) is 2.34. The van der Waals surface area contributed by atoms with E-state index >= 15 is 0 Å². The molecule has 110 valence electrons. The lowest BCUT2D eigenvalue weighted by Gasteiger charge is -2.29. The summed E-state index contributed by atoms with van der Waals surface area (Å²) in [7, 11) is 0. The molecule has 3 heteroatoms. The third kappa shape index (κ3) is 4.80. The van der Waals surface area contributed by atoms with E-state index < -0.39 is 0 Å². The average Bonchev–Trinajstić information content (AvgIpc) is 2.42. The molecule has 0 aliphatic rings. The van der Waals surface area contributed by atoms with Crippen molar-refractivity contribution >= 4 is 5.69 Å². The Balaban J connectivity index is 3.15. The summed E-state index contributed by atoms with van der Waals surface area (Å²) < 4.78 is 0. The number of nitrogens with zero attached hydrogens (tertiary/aromatic N) is 3. The first-order valence-corrected chi connectivity index (χ1v) is 7.50. The Morgan fingerprint density at radius 3 is 2.55 bits per heavy atom. The second kappa shape index (κ2) is 8.51. The van der Waals surface area contributed by atoms with Crippen molar-refractivity contribution in [2.24, 2.45) is 16.3 Å². The van der Waals surface area contributed by atoms with Gasteiger partial charge in [-0.1, -0.05) is 50.3 Å². The van der Waals surface area contributed by atoms with Crippen molar-refractivity contribution < 1.29 is 0 Å². The quantitative estimate of drug-likeness (QED) is 0.382. The fourth-order valence-electron chi connectivity index (χ4n) is 2.05. The van der Waals surface area contributed by atoms with E-state index in [-0.39, 0.29) is 6.04 Å². The normalized spacial score (nSPS) is 13.5. The minimum atomic E-state index is 0.229. The maximum atomic E-state index is 4.44. The molecular weight excluding hydrogens is 246 g/mol. The third-order valence-corrected chi connectivity index (χ3v) is 3.10. The number of rotatable bonds is 7. The van der Waals surface area contributed by atoms with Crippen molar-refractivity contribution in [1.29, 1.82) is 0 Å². The first-order valence-electron chi connectivity index (χ1n) is 7.50. The highest BCUT2D eigenvalue weighted by atomic mass is 15.6. The number of allylic oxidation sites excluding steroid dienone is 1.